The summed E-state index contributed by atoms with van der Waals surface area (Å²) in [6.07, 6.45) is 2.19. The molecule has 27 heavy (non-hydrogen) atoms. The van der Waals surface area contributed by atoms with Crippen LogP contribution in [0.1, 0.15) is 55.1 Å². The second-order valence-corrected chi connectivity index (χ2v) is 7.91. The van der Waals surface area contributed by atoms with Gasteiger partial charge in [-0.1, -0.05) is 19.0 Å². The van der Waals surface area contributed by atoms with Crippen molar-refractivity contribution in [2.24, 2.45) is 5.92 Å². The topological polar surface area (TPSA) is 76.2 Å². The maximum absolute atomic E-state index is 12.2. The Balaban J connectivity index is 1.51. The van der Waals surface area contributed by atoms with E-state index in [1.807, 2.05) is 13.8 Å². The van der Waals surface area contributed by atoms with Crippen LogP contribution in [0.4, 0.5) is 0 Å². The van der Waals surface area contributed by atoms with Crippen LogP contribution in [-0.2, 0) is 30.8 Å². The van der Waals surface area contributed by atoms with Crippen LogP contribution >= 0.6 is 0 Å². The highest BCUT2D eigenvalue weighted by Gasteiger charge is 2.18. The van der Waals surface area contributed by atoms with Gasteiger partial charge in [0.2, 0.25) is 5.91 Å². The summed E-state index contributed by atoms with van der Waals surface area (Å²) >= 11 is 0. The number of rotatable bonds is 7. The molecule has 0 radical (unpaired) electrons. The van der Waals surface area contributed by atoms with Gasteiger partial charge in [-0.25, -0.2) is 0 Å². The van der Waals surface area contributed by atoms with Crippen LogP contribution in [-0.4, -0.2) is 38.8 Å². The third kappa shape index (κ3) is 5.19. The molecule has 0 atom stereocenters. The number of carbonyl (C=O) groups is 1. The van der Waals surface area contributed by atoms with E-state index < -0.39 is 0 Å². The molecule has 0 saturated carbocycles. The third-order valence-electron chi connectivity index (χ3n) is 5.02. The molecule has 0 unspecified atom stereocenters. The largest absolute Gasteiger partial charge is 0.361 e. The SMILES string of the molecule is Cc1noc(C)c1CCC(=O)NCc1cc2n(n1)CCCN(CC(C)C)C2. The van der Waals surface area contributed by atoms with Crippen molar-refractivity contribution in [1.82, 2.24) is 25.2 Å². The van der Waals surface area contributed by atoms with Gasteiger partial charge in [0.15, 0.2) is 0 Å². The Hall–Kier alpha value is -2.15. The van der Waals surface area contributed by atoms with Gasteiger partial charge >= 0.3 is 0 Å². The summed E-state index contributed by atoms with van der Waals surface area (Å²) in [6, 6.07) is 2.13. The van der Waals surface area contributed by atoms with E-state index in [2.05, 4.69) is 45.1 Å². The third-order valence-corrected chi connectivity index (χ3v) is 5.02. The Morgan fingerprint density at radius 3 is 2.85 bits per heavy atom. The van der Waals surface area contributed by atoms with Gasteiger partial charge in [0.25, 0.3) is 0 Å². The number of fused-ring (bicyclic) bond motifs is 1. The van der Waals surface area contributed by atoms with Crippen molar-refractivity contribution in [3.05, 3.63) is 34.5 Å². The Morgan fingerprint density at radius 1 is 1.33 bits per heavy atom. The molecule has 1 amide bonds. The van der Waals surface area contributed by atoms with Crippen LogP contribution in [0.25, 0.3) is 0 Å². The first-order chi connectivity index (χ1) is 12.9. The minimum atomic E-state index is 0.0274. The molecule has 2 aromatic heterocycles. The fourth-order valence-corrected chi connectivity index (χ4v) is 3.72. The molecule has 1 aliphatic heterocycles. The Kier molecular flexibility index (Phi) is 6.31. The zero-order valence-electron chi connectivity index (χ0n) is 16.9. The minimum absolute atomic E-state index is 0.0274. The van der Waals surface area contributed by atoms with Crippen LogP contribution in [0.15, 0.2) is 10.6 Å². The molecular weight excluding hydrogens is 342 g/mol. The van der Waals surface area contributed by atoms with E-state index >= 15 is 0 Å². The summed E-state index contributed by atoms with van der Waals surface area (Å²) in [5.74, 6) is 1.49. The van der Waals surface area contributed by atoms with Crippen LogP contribution in [0.2, 0.25) is 0 Å². The van der Waals surface area contributed by atoms with Crippen LogP contribution in [0.5, 0.6) is 0 Å². The first-order valence-electron chi connectivity index (χ1n) is 9.88. The molecule has 7 nitrogen and oxygen atoms in total. The van der Waals surface area contributed by atoms with Gasteiger partial charge in [-0.3, -0.25) is 14.4 Å². The number of nitrogens with one attached hydrogen (secondary N) is 1. The lowest BCUT2D eigenvalue weighted by Crippen LogP contribution is -2.27. The number of aryl methyl sites for hydroxylation is 3. The number of amides is 1. The van der Waals surface area contributed by atoms with Gasteiger partial charge in [0.1, 0.15) is 5.76 Å². The van der Waals surface area contributed by atoms with Crippen molar-refractivity contribution in [2.75, 3.05) is 13.1 Å². The summed E-state index contributed by atoms with van der Waals surface area (Å²) in [7, 11) is 0. The lowest BCUT2D eigenvalue weighted by Gasteiger charge is -2.21. The number of hydrogen-bond acceptors (Lipinski definition) is 5. The van der Waals surface area contributed by atoms with Gasteiger partial charge in [0.05, 0.1) is 23.6 Å². The molecule has 1 aliphatic rings. The highest BCUT2D eigenvalue weighted by atomic mass is 16.5. The molecular formula is C20H31N5O2. The molecule has 1 N–H and O–H groups in total. The predicted molar refractivity (Wildman–Crippen MR) is 103 cm³/mol. The Bertz CT molecular complexity index is 758. The van der Waals surface area contributed by atoms with E-state index in [1.165, 1.54) is 5.69 Å². The van der Waals surface area contributed by atoms with E-state index in [-0.39, 0.29) is 5.91 Å². The van der Waals surface area contributed by atoms with Gasteiger partial charge in [-0.15, -0.1) is 0 Å². The van der Waals surface area contributed by atoms with E-state index in [4.69, 9.17) is 4.52 Å². The van der Waals surface area contributed by atoms with E-state index in [0.717, 1.165) is 55.3 Å². The van der Waals surface area contributed by atoms with Crippen molar-refractivity contribution in [3.8, 4) is 0 Å². The minimum Gasteiger partial charge on any atom is -0.361 e. The molecule has 0 saturated heterocycles. The maximum atomic E-state index is 12.2. The Morgan fingerprint density at radius 2 is 2.15 bits per heavy atom. The Labute approximate surface area is 161 Å². The summed E-state index contributed by atoms with van der Waals surface area (Å²) in [6.45, 7) is 12.9. The van der Waals surface area contributed by atoms with Crippen molar-refractivity contribution >= 4 is 5.91 Å². The molecule has 148 valence electrons. The van der Waals surface area contributed by atoms with Crippen LogP contribution in [0, 0.1) is 19.8 Å². The van der Waals surface area contributed by atoms with Crippen molar-refractivity contribution in [2.45, 2.75) is 66.6 Å². The number of nitrogens with zero attached hydrogens (tertiary/aromatic N) is 4. The molecule has 0 aliphatic carbocycles. The zero-order chi connectivity index (χ0) is 19.4. The smallest absolute Gasteiger partial charge is 0.220 e. The molecule has 2 aromatic rings. The van der Waals surface area contributed by atoms with Crippen molar-refractivity contribution in [3.63, 3.8) is 0 Å². The quantitative estimate of drug-likeness (QED) is 0.807. The average Bonchev–Trinajstić information content (AvgIpc) is 3.08. The highest BCUT2D eigenvalue weighted by molar-refractivity contribution is 5.76. The van der Waals surface area contributed by atoms with E-state index in [0.29, 0.717) is 25.3 Å². The number of aromatic nitrogens is 3. The first kappa shape index (κ1) is 19.6. The standard InChI is InChI=1S/C20H31N5O2/c1-14(2)12-24-8-5-9-25-18(13-24)10-17(22-25)11-21-20(26)7-6-19-15(3)23-27-16(19)4/h10,14H,5-9,11-13H2,1-4H3,(H,21,26). The fraction of sp³-hybridized carbons (Fsp3) is 0.650. The lowest BCUT2D eigenvalue weighted by atomic mass is 10.1. The molecule has 3 heterocycles. The first-order valence-corrected chi connectivity index (χ1v) is 9.88. The number of hydrogen-bond donors (Lipinski definition) is 1. The predicted octanol–water partition coefficient (Wildman–Crippen LogP) is 2.60. The lowest BCUT2D eigenvalue weighted by molar-refractivity contribution is -0.121. The summed E-state index contributed by atoms with van der Waals surface area (Å²) in [5, 5.41) is 11.6. The van der Waals surface area contributed by atoms with Crippen molar-refractivity contribution < 1.29 is 9.32 Å². The van der Waals surface area contributed by atoms with Gasteiger partial charge in [-0.05, 0) is 38.7 Å². The van der Waals surface area contributed by atoms with Gasteiger partial charge in [-0.2, -0.15) is 5.10 Å². The van der Waals surface area contributed by atoms with Crippen LogP contribution < -0.4 is 5.32 Å². The molecule has 0 bridgehead atoms. The van der Waals surface area contributed by atoms with E-state index in [1.54, 1.807) is 0 Å². The molecule has 3 rings (SSSR count). The van der Waals surface area contributed by atoms with Crippen LogP contribution in [0.3, 0.4) is 0 Å². The second kappa shape index (κ2) is 8.69. The highest BCUT2D eigenvalue weighted by Crippen LogP contribution is 2.16. The normalized spacial score (nSPS) is 15.0. The van der Waals surface area contributed by atoms with Crippen molar-refractivity contribution in [1.29, 1.82) is 0 Å². The van der Waals surface area contributed by atoms with Gasteiger partial charge < -0.3 is 9.84 Å². The summed E-state index contributed by atoms with van der Waals surface area (Å²) in [5.41, 5.74) is 4.07. The summed E-state index contributed by atoms with van der Waals surface area (Å²) in [4.78, 5) is 14.7. The van der Waals surface area contributed by atoms with E-state index in [9.17, 15) is 4.79 Å². The molecule has 0 spiro atoms. The zero-order valence-corrected chi connectivity index (χ0v) is 16.9. The fourth-order valence-electron chi connectivity index (χ4n) is 3.72. The monoisotopic (exact) mass is 373 g/mol. The average molecular weight is 374 g/mol. The molecule has 0 fully saturated rings. The second-order valence-electron chi connectivity index (χ2n) is 7.91. The maximum Gasteiger partial charge on any atom is 0.220 e. The molecule has 0 aromatic carbocycles. The molecule has 7 heteroatoms. The number of carbonyl (C=O) groups excluding carboxylic acids is 1. The summed E-state index contributed by atoms with van der Waals surface area (Å²) < 4.78 is 7.25. The van der Waals surface area contributed by atoms with Gasteiger partial charge in [0, 0.05) is 38.2 Å².